The van der Waals surface area contributed by atoms with Crippen molar-refractivity contribution in [2.45, 2.75) is 53.4 Å². The lowest BCUT2D eigenvalue weighted by Gasteiger charge is -2.14. The minimum Gasteiger partial charge on any atom is -0.497 e. The van der Waals surface area contributed by atoms with Crippen LogP contribution >= 0.6 is 0 Å². The van der Waals surface area contributed by atoms with Gasteiger partial charge in [0.15, 0.2) is 5.88 Å². The van der Waals surface area contributed by atoms with Crippen LogP contribution in [0.3, 0.4) is 0 Å². The lowest BCUT2D eigenvalue weighted by atomic mass is 10.0. The van der Waals surface area contributed by atoms with Crippen LogP contribution in [0.15, 0.2) is 42.3 Å². The molecular formula is C23H32N2O2. The normalized spacial score (nSPS) is 11.4. The Hall–Kier alpha value is -2.49. The van der Waals surface area contributed by atoms with E-state index in [0.29, 0.717) is 0 Å². The molecule has 0 radical (unpaired) electrons. The van der Waals surface area contributed by atoms with Gasteiger partial charge in [-0.25, -0.2) is 0 Å². The van der Waals surface area contributed by atoms with Crippen molar-refractivity contribution in [2.75, 3.05) is 13.7 Å². The fourth-order valence-corrected chi connectivity index (χ4v) is 2.96. The van der Waals surface area contributed by atoms with Crippen LogP contribution in [-0.4, -0.2) is 18.6 Å². The lowest BCUT2D eigenvalue weighted by Crippen LogP contribution is -2.21. The SMILES string of the molecule is C/C=C(\NCCc1nc(C)c(CCCC)cc1C)Oc1ccc(OC)cc1. The van der Waals surface area contributed by atoms with Crippen molar-refractivity contribution in [3.05, 3.63) is 64.8 Å². The summed E-state index contributed by atoms with van der Waals surface area (Å²) in [5, 5.41) is 3.36. The van der Waals surface area contributed by atoms with Crippen LogP contribution in [-0.2, 0) is 12.8 Å². The number of nitrogens with zero attached hydrogens (tertiary/aromatic N) is 1. The van der Waals surface area contributed by atoms with Gasteiger partial charge in [-0.05, 0) is 75.1 Å². The van der Waals surface area contributed by atoms with E-state index in [9.17, 15) is 0 Å². The zero-order chi connectivity index (χ0) is 19.6. The van der Waals surface area contributed by atoms with Crippen molar-refractivity contribution >= 4 is 0 Å². The van der Waals surface area contributed by atoms with E-state index in [1.54, 1.807) is 7.11 Å². The Bertz CT molecular complexity index is 752. The molecule has 0 aliphatic rings. The molecule has 1 N–H and O–H groups in total. The van der Waals surface area contributed by atoms with Crippen LogP contribution in [0.1, 0.15) is 49.2 Å². The number of nitrogens with one attached hydrogen (secondary N) is 1. The molecule has 1 aromatic heterocycles. The molecule has 2 aromatic rings. The third-order valence-electron chi connectivity index (χ3n) is 4.62. The van der Waals surface area contributed by atoms with Gasteiger partial charge in [-0.1, -0.05) is 19.4 Å². The maximum Gasteiger partial charge on any atom is 0.189 e. The molecule has 146 valence electrons. The third-order valence-corrected chi connectivity index (χ3v) is 4.62. The molecule has 0 fully saturated rings. The van der Waals surface area contributed by atoms with Gasteiger partial charge in [0.1, 0.15) is 11.5 Å². The van der Waals surface area contributed by atoms with Gasteiger partial charge in [0.25, 0.3) is 0 Å². The number of rotatable bonds is 10. The molecule has 0 saturated heterocycles. The molecule has 4 nitrogen and oxygen atoms in total. The van der Waals surface area contributed by atoms with Crippen LogP contribution in [0, 0.1) is 13.8 Å². The standard InChI is InChI=1S/C23H32N2O2/c1-6-8-9-19-16-17(3)22(25-18(19)4)14-15-24-23(7-2)27-21-12-10-20(26-5)11-13-21/h7,10-13,16,24H,6,8-9,14-15H2,1-5H3/b23-7+. The maximum absolute atomic E-state index is 5.89. The lowest BCUT2D eigenvalue weighted by molar-refractivity contribution is 0.377. The Kier molecular flexibility index (Phi) is 8.18. The maximum atomic E-state index is 5.89. The summed E-state index contributed by atoms with van der Waals surface area (Å²) in [5.41, 5.74) is 4.96. The highest BCUT2D eigenvalue weighted by Gasteiger charge is 2.07. The van der Waals surface area contributed by atoms with Gasteiger partial charge in [-0.3, -0.25) is 4.98 Å². The predicted octanol–water partition coefficient (Wildman–Crippen LogP) is 5.12. The molecule has 27 heavy (non-hydrogen) atoms. The fraction of sp³-hybridized carbons (Fsp3) is 0.435. The number of pyridine rings is 1. The number of unbranched alkanes of at least 4 members (excludes halogenated alkanes) is 1. The molecule has 1 heterocycles. The molecule has 0 aliphatic heterocycles. The number of ether oxygens (including phenoxy) is 2. The number of allylic oxidation sites excluding steroid dienone is 1. The van der Waals surface area contributed by atoms with E-state index in [2.05, 4.69) is 32.2 Å². The van der Waals surface area contributed by atoms with Gasteiger partial charge in [-0.2, -0.15) is 0 Å². The second-order valence-electron chi connectivity index (χ2n) is 6.71. The summed E-state index contributed by atoms with van der Waals surface area (Å²) in [7, 11) is 1.66. The first-order valence-corrected chi connectivity index (χ1v) is 9.75. The van der Waals surface area contributed by atoms with E-state index in [1.165, 1.54) is 24.0 Å². The Morgan fingerprint density at radius 1 is 1.11 bits per heavy atom. The van der Waals surface area contributed by atoms with E-state index in [4.69, 9.17) is 14.5 Å². The number of aromatic nitrogens is 1. The quantitative estimate of drug-likeness (QED) is 0.591. The Morgan fingerprint density at radius 3 is 2.44 bits per heavy atom. The minimum absolute atomic E-state index is 0.745. The number of methoxy groups -OCH3 is 1. The van der Waals surface area contributed by atoms with Gasteiger partial charge < -0.3 is 14.8 Å². The predicted molar refractivity (Wildman–Crippen MR) is 111 cm³/mol. The summed E-state index contributed by atoms with van der Waals surface area (Å²) in [6, 6.07) is 9.87. The molecule has 0 aliphatic carbocycles. The van der Waals surface area contributed by atoms with Crippen molar-refractivity contribution in [1.29, 1.82) is 0 Å². The van der Waals surface area contributed by atoms with Crippen LogP contribution in [0.25, 0.3) is 0 Å². The summed E-state index contributed by atoms with van der Waals surface area (Å²) in [4.78, 5) is 4.84. The average Bonchev–Trinajstić information content (AvgIpc) is 2.68. The molecule has 0 spiro atoms. The van der Waals surface area contributed by atoms with E-state index >= 15 is 0 Å². The first-order valence-electron chi connectivity index (χ1n) is 9.75. The largest absolute Gasteiger partial charge is 0.497 e. The second-order valence-corrected chi connectivity index (χ2v) is 6.71. The molecule has 0 unspecified atom stereocenters. The van der Waals surface area contributed by atoms with E-state index < -0.39 is 0 Å². The van der Waals surface area contributed by atoms with E-state index in [1.807, 2.05) is 37.3 Å². The van der Waals surface area contributed by atoms with E-state index in [-0.39, 0.29) is 0 Å². The van der Waals surface area contributed by atoms with Crippen LogP contribution in [0.4, 0.5) is 0 Å². The Balaban J connectivity index is 1.90. The van der Waals surface area contributed by atoms with Crippen LogP contribution in [0.5, 0.6) is 11.5 Å². The monoisotopic (exact) mass is 368 g/mol. The molecule has 0 saturated carbocycles. The third kappa shape index (κ3) is 6.31. The minimum atomic E-state index is 0.745. The van der Waals surface area contributed by atoms with Crippen LogP contribution < -0.4 is 14.8 Å². The number of hydrogen-bond acceptors (Lipinski definition) is 4. The van der Waals surface area contributed by atoms with Crippen molar-refractivity contribution in [3.8, 4) is 11.5 Å². The smallest absolute Gasteiger partial charge is 0.189 e. The molecule has 2 rings (SSSR count). The van der Waals surface area contributed by atoms with Crippen molar-refractivity contribution in [1.82, 2.24) is 10.3 Å². The van der Waals surface area contributed by atoms with Crippen molar-refractivity contribution < 1.29 is 9.47 Å². The highest BCUT2D eigenvalue weighted by molar-refractivity contribution is 5.32. The van der Waals surface area contributed by atoms with E-state index in [0.717, 1.165) is 48.2 Å². The molecule has 0 atom stereocenters. The summed E-state index contributed by atoms with van der Waals surface area (Å²) in [6.07, 6.45) is 6.35. The molecule has 0 amide bonds. The summed E-state index contributed by atoms with van der Waals surface area (Å²) in [6.45, 7) is 9.23. The summed E-state index contributed by atoms with van der Waals surface area (Å²) in [5.74, 6) is 2.34. The van der Waals surface area contributed by atoms with Gasteiger partial charge in [-0.15, -0.1) is 0 Å². The van der Waals surface area contributed by atoms with Crippen molar-refractivity contribution in [3.63, 3.8) is 0 Å². The highest BCUT2D eigenvalue weighted by atomic mass is 16.5. The molecule has 1 aromatic carbocycles. The highest BCUT2D eigenvalue weighted by Crippen LogP contribution is 2.19. The Labute approximate surface area is 163 Å². The zero-order valence-corrected chi connectivity index (χ0v) is 17.3. The fourth-order valence-electron chi connectivity index (χ4n) is 2.96. The average molecular weight is 369 g/mol. The van der Waals surface area contributed by atoms with Crippen LogP contribution in [0.2, 0.25) is 0 Å². The first-order chi connectivity index (χ1) is 13.1. The first kappa shape index (κ1) is 20.8. The van der Waals surface area contributed by atoms with Gasteiger partial charge in [0.05, 0.1) is 7.11 Å². The summed E-state index contributed by atoms with van der Waals surface area (Å²) < 4.78 is 11.1. The topological polar surface area (TPSA) is 43.4 Å². The number of hydrogen-bond donors (Lipinski definition) is 1. The van der Waals surface area contributed by atoms with Crippen molar-refractivity contribution in [2.24, 2.45) is 0 Å². The molecule has 4 heteroatoms. The van der Waals surface area contributed by atoms with Gasteiger partial charge >= 0.3 is 0 Å². The summed E-state index contributed by atoms with van der Waals surface area (Å²) >= 11 is 0. The van der Waals surface area contributed by atoms with Gasteiger partial charge in [0, 0.05) is 24.4 Å². The molecule has 0 bridgehead atoms. The number of benzene rings is 1. The second kappa shape index (κ2) is 10.6. The number of aryl methyl sites for hydroxylation is 3. The zero-order valence-electron chi connectivity index (χ0n) is 17.3. The Morgan fingerprint density at radius 2 is 1.81 bits per heavy atom. The van der Waals surface area contributed by atoms with Gasteiger partial charge in [0.2, 0.25) is 0 Å². The molecular weight excluding hydrogens is 336 g/mol.